The number of hydrogen-bond acceptors (Lipinski definition) is 4. The molecule has 0 N–H and O–H groups in total. The van der Waals surface area contributed by atoms with Crippen molar-refractivity contribution in [2.45, 2.75) is 13.0 Å². The monoisotopic (exact) mass is 395 g/mol. The number of ether oxygens (including phenoxy) is 1. The highest BCUT2D eigenvalue weighted by molar-refractivity contribution is 6.30. The maximum absolute atomic E-state index is 13.3. The quantitative estimate of drug-likeness (QED) is 0.594. The first-order valence-corrected chi connectivity index (χ1v) is 8.06. The summed E-state index contributed by atoms with van der Waals surface area (Å²) in [5, 5.41) is 11.2. The Balaban J connectivity index is 1.80. The van der Waals surface area contributed by atoms with E-state index >= 15 is 0 Å². The van der Waals surface area contributed by atoms with Gasteiger partial charge < -0.3 is 19.1 Å². The SMILES string of the molecule is O=C([O-])c1ccc(Cc2cc(Cl)ccc2OCc2cc(F)c(F)c(F)c2)o1. The molecule has 0 atom stereocenters. The number of rotatable bonds is 6. The summed E-state index contributed by atoms with van der Waals surface area (Å²) in [4.78, 5) is 10.8. The molecule has 27 heavy (non-hydrogen) atoms. The lowest BCUT2D eigenvalue weighted by Gasteiger charge is -2.12. The van der Waals surface area contributed by atoms with Crippen molar-refractivity contribution in [3.8, 4) is 5.75 Å². The van der Waals surface area contributed by atoms with Gasteiger partial charge in [0.25, 0.3) is 0 Å². The van der Waals surface area contributed by atoms with Crippen LogP contribution in [0.1, 0.15) is 27.4 Å². The van der Waals surface area contributed by atoms with Crippen molar-refractivity contribution in [3.05, 3.63) is 87.6 Å². The molecule has 0 aliphatic carbocycles. The van der Waals surface area contributed by atoms with E-state index in [2.05, 4.69) is 0 Å². The first-order chi connectivity index (χ1) is 12.8. The molecule has 8 heteroatoms. The number of carbonyl (C=O) groups excluding carboxylic acids is 1. The Bertz CT molecular complexity index is 977. The number of carboxylic acid groups (broad SMARTS) is 1. The summed E-state index contributed by atoms with van der Waals surface area (Å²) in [5.74, 6) is -5.25. The summed E-state index contributed by atoms with van der Waals surface area (Å²) < 4.78 is 50.3. The molecule has 0 spiro atoms. The third-order valence-electron chi connectivity index (χ3n) is 3.69. The van der Waals surface area contributed by atoms with Crippen LogP contribution >= 0.6 is 11.6 Å². The second-order valence-electron chi connectivity index (χ2n) is 5.64. The van der Waals surface area contributed by atoms with E-state index < -0.39 is 23.4 Å². The highest BCUT2D eigenvalue weighted by atomic mass is 35.5. The third kappa shape index (κ3) is 4.43. The van der Waals surface area contributed by atoms with Gasteiger partial charge in [0, 0.05) is 17.0 Å². The van der Waals surface area contributed by atoms with Gasteiger partial charge in [0.15, 0.2) is 17.5 Å². The maximum atomic E-state index is 13.3. The summed E-state index contributed by atoms with van der Waals surface area (Å²) in [7, 11) is 0. The standard InChI is InChI=1S/C19H12ClF3O4/c20-12-1-3-16(26-9-10-5-14(21)18(23)15(22)6-10)11(7-12)8-13-2-4-17(27-13)19(24)25/h1-7H,8-9H2,(H,24,25)/p-1. The molecule has 3 aromatic rings. The molecule has 3 rings (SSSR count). The van der Waals surface area contributed by atoms with Gasteiger partial charge in [-0.2, -0.15) is 0 Å². The van der Waals surface area contributed by atoms with Gasteiger partial charge in [0.2, 0.25) is 0 Å². The molecule has 0 fully saturated rings. The van der Waals surface area contributed by atoms with Crippen molar-refractivity contribution < 1.29 is 32.2 Å². The molecule has 0 saturated carbocycles. The average molecular weight is 396 g/mol. The van der Waals surface area contributed by atoms with Crippen LogP contribution < -0.4 is 9.84 Å². The smallest absolute Gasteiger partial charge is 0.194 e. The molecular formula is C19H11ClF3O4-. The Morgan fingerprint density at radius 1 is 1.07 bits per heavy atom. The molecule has 140 valence electrons. The van der Waals surface area contributed by atoms with Crippen molar-refractivity contribution in [2.75, 3.05) is 0 Å². The molecule has 0 radical (unpaired) electrons. The number of aromatic carboxylic acids is 1. The van der Waals surface area contributed by atoms with E-state index in [0.29, 0.717) is 22.1 Å². The molecule has 0 aliphatic heterocycles. The minimum Gasteiger partial charge on any atom is -0.542 e. The van der Waals surface area contributed by atoms with Crippen molar-refractivity contribution in [2.24, 2.45) is 0 Å². The zero-order chi connectivity index (χ0) is 19.6. The minimum atomic E-state index is -1.55. The van der Waals surface area contributed by atoms with E-state index in [9.17, 15) is 23.1 Å². The second kappa shape index (κ2) is 7.75. The summed E-state index contributed by atoms with van der Waals surface area (Å²) in [6.07, 6.45) is 0.162. The van der Waals surface area contributed by atoms with Gasteiger partial charge in [-0.1, -0.05) is 11.6 Å². The lowest BCUT2D eigenvalue weighted by molar-refractivity contribution is -0.257. The van der Waals surface area contributed by atoms with Gasteiger partial charge in [0.05, 0.1) is 0 Å². The van der Waals surface area contributed by atoms with Crippen molar-refractivity contribution in [1.29, 1.82) is 0 Å². The molecule has 0 aliphatic rings. The zero-order valence-electron chi connectivity index (χ0n) is 13.6. The van der Waals surface area contributed by atoms with Gasteiger partial charge in [-0.3, -0.25) is 0 Å². The van der Waals surface area contributed by atoms with Gasteiger partial charge in [-0.25, -0.2) is 13.2 Å². The van der Waals surface area contributed by atoms with E-state index in [-0.39, 0.29) is 24.4 Å². The number of carboxylic acids is 1. The normalized spacial score (nSPS) is 10.8. The average Bonchev–Trinajstić information content (AvgIpc) is 3.08. The van der Waals surface area contributed by atoms with Crippen LogP contribution in [-0.2, 0) is 13.0 Å². The lowest BCUT2D eigenvalue weighted by atomic mass is 10.1. The summed E-state index contributed by atoms with van der Waals surface area (Å²) in [5.41, 5.74) is 0.661. The van der Waals surface area contributed by atoms with Crippen LogP contribution in [0.3, 0.4) is 0 Å². The van der Waals surface area contributed by atoms with Crippen molar-refractivity contribution >= 4 is 17.6 Å². The number of carbonyl (C=O) groups is 1. The highest BCUT2D eigenvalue weighted by Gasteiger charge is 2.13. The van der Waals surface area contributed by atoms with E-state index in [4.69, 9.17) is 20.8 Å². The van der Waals surface area contributed by atoms with Crippen LogP contribution in [0.4, 0.5) is 13.2 Å². The van der Waals surface area contributed by atoms with Crippen LogP contribution in [0.2, 0.25) is 5.02 Å². The maximum Gasteiger partial charge on any atom is 0.194 e. The lowest BCUT2D eigenvalue weighted by Crippen LogP contribution is -2.21. The zero-order valence-corrected chi connectivity index (χ0v) is 14.4. The molecule has 2 aromatic carbocycles. The van der Waals surface area contributed by atoms with Gasteiger partial charge in [0.1, 0.15) is 29.8 Å². The predicted octanol–water partition coefficient (Wildman–Crippen LogP) is 3.88. The van der Waals surface area contributed by atoms with E-state index in [1.165, 1.54) is 12.1 Å². The summed E-state index contributed by atoms with van der Waals surface area (Å²) in [6, 6.07) is 9.11. The van der Waals surface area contributed by atoms with Crippen LogP contribution in [-0.4, -0.2) is 5.97 Å². The fourth-order valence-corrected chi connectivity index (χ4v) is 2.64. The number of furan rings is 1. The molecular weight excluding hydrogens is 385 g/mol. The Morgan fingerprint density at radius 2 is 1.78 bits per heavy atom. The largest absolute Gasteiger partial charge is 0.542 e. The number of hydrogen-bond donors (Lipinski definition) is 0. The van der Waals surface area contributed by atoms with Gasteiger partial charge in [-0.05, 0) is 48.0 Å². The van der Waals surface area contributed by atoms with Crippen LogP contribution in [0, 0.1) is 17.5 Å². The van der Waals surface area contributed by atoms with Crippen LogP contribution in [0.15, 0.2) is 46.9 Å². The summed E-state index contributed by atoms with van der Waals surface area (Å²) in [6.45, 7) is -0.217. The number of benzene rings is 2. The topological polar surface area (TPSA) is 62.5 Å². The minimum absolute atomic E-state index is 0.101. The Labute approximate surface area is 156 Å². The molecule has 1 aromatic heterocycles. The van der Waals surface area contributed by atoms with Crippen LogP contribution in [0.5, 0.6) is 5.75 Å². The van der Waals surface area contributed by atoms with E-state index in [1.54, 1.807) is 18.2 Å². The van der Waals surface area contributed by atoms with Gasteiger partial charge in [-0.15, -0.1) is 0 Å². The predicted molar refractivity (Wildman–Crippen MR) is 87.9 cm³/mol. The summed E-state index contributed by atoms with van der Waals surface area (Å²) >= 11 is 5.98. The molecule has 4 nitrogen and oxygen atoms in total. The molecule has 0 unspecified atom stereocenters. The van der Waals surface area contributed by atoms with Gasteiger partial charge >= 0.3 is 0 Å². The van der Waals surface area contributed by atoms with Crippen LogP contribution in [0.25, 0.3) is 0 Å². The fourth-order valence-electron chi connectivity index (χ4n) is 2.45. The first kappa shape index (κ1) is 18.8. The Hall–Kier alpha value is -2.93. The molecule has 1 heterocycles. The number of halogens is 4. The first-order valence-electron chi connectivity index (χ1n) is 7.68. The van der Waals surface area contributed by atoms with Crippen molar-refractivity contribution in [1.82, 2.24) is 0 Å². The molecule has 0 bridgehead atoms. The third-order valence-corrected chi connectivity index (χ3v) is 3.92. The Kier molecular flexibility index (Phi) is 5.41. The van der Waals surface area contributed by atoms with E-state index in [0.717, 1.165) is 12.1 Å². The molecule has 0 saturated heterocycles. The highest BCUT2D eigenvalue weighted by Crippen LogP contribution is 2.27. The molecule has 0 amide bonds. The van der Waals surface area contributed by atoms with E-state index in [1.807, 2.05) is 0 Å². The Morgan fingerprint density at radius 3 is 2.41 bits per heavy atom. The van der Waals surface area contributed by atoms with Crippen molar-refractivity contribution in [3.63, 3.8) is 0 Å². The fraction of sp³-hybridized carbons (Fsp3) is 0.105. The second-order valence-corrected chi connectivity index (χ2v) is 6.08.